The Bertz CT molecular complexity index is 376. The first-order valence-corrected chi connectivity index (χ1v) is 15.2. The molecule has 152 valence electrons. The third kappa shape index (κ3) is 7.87. The minimum atomic E-state index is 0.226. The van der Waals surface area contributed by atoms with Crippen molar-refractivity contribution in [2.24, 2.45) is 23.2 Å². The van der Waals surface area contributed by atoms with E-state index in [-0.39, 0.29) is 4.85 Å². The summed E-state index contributed by atoms with van der Waals surface area (Å²) in [6, 6.07) is 0. The first-order chi connectivity index (χ1) is 11.3. The summed E-state index contributed by atoms with van der Waals surface area (Å²) >= 11 is 15.1. The molecule has 0 aromatic heterocycles. The van der Waals surface area contributed by atoms with Gasteiger partial charge in [-0.3, -0.25) is 0 Å². The van der Waals surface area contributed by atoms with Crippen molar-refractivity contribution in [3.63, 3.8) is 0 Å². The molecule has 0 aliphatic rings. The zero-order valence-electron chi connectivity index (χ0n) is 16.9. The standard InChI is InChI=1S/C20H37BrI4/c1-8-19(13-22,12-10-9-11-14(2)3)17(21)18(7,23)16(6)20(24,25)15(4)5/h14-17H,8-13H2,1-7H3. The highest BCUT2D eigenvalue weighted by atomic mass is 127. The van der Waals surface area contributed by atoms with Gasteiger partial charge in [-0.15, -0.1) is 0 Å². The summed E-state index contributed by atoms with van der Waals surface area (Å²) in [4.78, 5) is 0.534. The zero-order valence-corrected chi connectivity index (χ0v) is 27.2. The number of rotatable bonds is 12. The molecule has 0 rings (SSSR count). The Morgan fingerprint density at radius 1 is 0.960 bits per heavy atom. The van der Waals surface area contributed by atoms with Crippen LogP contribution in [0.25, 0.3) is 0 Å². The van der Waals surface area contributed by atoms with Gasteiger partial charge in [0.05, 0.1) is 1.43 Å². The van der Waals surface area contributed by atoms with Crippen LogP contribution >= 0.6 is 106 Å². The number of hydrogen-bond donors (Lipinski definition) is 0. The molecule has 4 atom stereocenters. The molecule has 0 saturated heterocycles. The average molecular weight is 865 g/mol. The molecule has 0 spiro atoms. The number of halogens is 5. The van der Waals surface area contributed by atoms with Crippen LogP contribution < -0.4 is 0 Å². The second-order valence-electron chi connectivity index (χ2n) is 8.55. The monoisotopic (exact) mass is 864 g/mol. The summed E-state index contributed by atoms with van der Waals surface area (Å²) in [5.41, 5.74) is 0.391. The summed E-state index contributed by atoms with van der Waals surface area (Å²) in [7, 11) is 0. The highest BCUT2D eigenvalue weighted by molar-refractivity contribution is 14.2. The quantitative estimate of drug-likeness (QED) is 0.104. The largest absolute Gasteiger partial charge is 0.0870 e. The highest BCUT2D eigenvalue weighted by Gasteiger charge is 2.52. The van der Waals surface area contributed by atoms with Gasteiger partial charge in [0.15, 0.2) is 0 Å². The molecular weight excluding hydrogens is 828 g/mol. The van der Waals surface area contributed by atoms with E-state index in [1.807, 2.05) is 0 Å². The van der Waals surface area contributed by atoms with Crippen LogP contribution in [0.15, 0.2) is 0 Å². The molecule has 0 saturated carbocycles. The fourth-order valence-corrected chi connectivity index (χ4v) is 10.2. The number of hydrogen-bond acceptors (Lipinski definition) is 0. The molecule has 0 aromatic carbocycles. The molecular formula is C20H37BrI4. The Morgan fingerprint density at radius 2 is 1.48 bits per heavy atom. The van der Waals surface area contributed by atoms with Crippen molar-refractivity contribution in [1.29, 1.82) is 0 Å². The molecule has 0 aromatic rings. The normalized spacial score (nSPS) is 20.4. The lowest BCUT2D eigenvalue weighted by Gasteiger charge is -2.50. The predicted molar refractivity (Wildman–Crippen MR) is 155 cm³/mol. The molecule has 4 unspecified atom stereocenters. The van der Waals surface area contributed by atoms with E-state index in [2.05, 4.69) is 155 Å². The van der Waals surface area contributed by atoms with Crippen molar-refractivity contribution in [3.8, 4) is 0 Å². The molecule has 25 heavy (non-hydrogen) atoms. The second kappa shape index (κ2) is 12.3. The Kier molecular flexibility index (Phi) is 14.0. The van der Waals surface area contributed by atoms with Gasteiger partial charge in [-0.05, 0) is 42.9 Å². The maximum atomic E-state index is 4.25. The fraction of sp³-hybridized carbons (Fsp3) is 1.00. The second-order valence-corrected chi connectivity index (χ2v) is 18.2. The fourth-order valence-electron chi connectivity index (χ4n) is 3.44. The zero-order chi connectivity index (χ0) is 20.1. The Morgan fingerprint density at radius 3 is 1.84 bits per heavy atom. The predicted octanol–water partition coefficient (Wildman–Crippen LogP) is 9.85. The summed E-state index contributed by atoms with van der Waals surface area (Å²) in [5.74, 6) is 2.12. The van der Waals surface area contributed by atoms with Gasteiger partial charge in [0.1, 0.15) is 0 Å². The summed E-state index contributed by atoms with van der Waals surface area (Å²) < 4.78 is 1.74. The van der Waals surface area contributed by atoms with Gasteiger partial charge in [-0.1, -0.05) is 167 Å². The average Bonchev–Trinajstić information content (AvgIpc) is 2.53. The lowest BCUT2D eigenvalue weighted by Crippen LogP contribution is -2.52. The molecule has 0 amide bonds. The first kappa shape index (κ1) is 28.4. The van der Waals surface area contributed by atoms with Gasteiger partial charge in [0, 0.05) is 12.7 Å². The van der Waals surface area contributed by atoms with Crippen LogP contribution in [0.4, 0.5) is 0 Å². The van der Waals surface area contributed by atoms with Crippen LogP contribution in [0.3, 0.4) is 0 Å². The van der Waals surface area contributed by atoms with Gasteiger partial charge in [-0.25, -0.2) is 0 Å². The first-order valence-electron chi connectivity index (χ1n) is 9.56. The van der Waals surface area contributed by atoms with Crippen LogP contribution in [0.1, 0.15) is 80.6 Å². The number of unbranched alkanes of at least 4 members (excludes halogenated alkanes) is 1. The SMILES string of the molecule is CCC(CI)(CCCCC(C)C)C(Br)C(C)(I)C(C)C(I)(I)C(C)C. The van der Waals surface area contributed by atoms with E-state index in [9.17, 15) is 0 Å². The lowest BCUT2D eigenvalue weighted by atomic mass is 9.71. The Labute approximate surface area is 221 Å². The molecule has 0 nitrogen and oxygen atoms in total. The van der Waals surface area contributed by atoms with Crippen LogP contribution in [-0.2, 0) is 0 Å². The molecule has 0 radical (unpaired) electrons. The molecule has 0 fully saturated rings. The maximum Gasteiger partial charge on any atom is 0.0795 e. The highest BCUT2D eigenvalue weighted by Crippen LogP contribution is 2.56. The smallest absolute Gasteiger partial charge is 0.0795 e. The Hall–Kier alpha value is 3.40. The van der Waals surface area contributed by atoms with E-state index in [0.29, 0.717) is 22.1 Å². The molecule has 5 heteroatoms. The van der Waals surface area contributed by atoms with Gasteiger partial charge >= 0.3 is 0 Å². The van der Waals surface area contributed by atoms with E-state index in [1.165, 1.54) is 36.5 Å². The molecule has 0 aliphatic carbocycles. The molecule has 0 heterocycles. The third-order valence-corrected chi connectivity index (χ3v) is 16.1. The third-order valence-electron chi connectivity index (χ3n) is 5.90. The van der Waals surface area contributed by atoms with Crippen molar-refractivity contribution in [2.45, 2.75) is 90.2 Å². The molecule has 0 N–H and O–H groups in total. The number of alkyl halides is 5. The topological polar surface area (TPSA) is 0 Å². The van der Waals surface area contributed by atoms with E-state index < -0.39 is 0 Å². The molecule has 0 aliphatic heterocycles. The Balaban J connectivity index is 5.38. The van der Waals surface area contributed by atoms with Crippen LogP contribution in [0.5, 0.6) is 0 Å². The summed E-state index contributed by atoms with van der Waals surface area (Å²) in [6.07, 6.45) is 6.71. The van der Waals surface area contributed by atoms with E-state index in [1.54, 1.807) is 0 Å². The van der Waals surface area contributed by atoms with Gasteiger partial charge in [0.2, 0.25) is 0 Å². The van der Waals surface area contributed by atoms with Crippen molar-refractivity contribution in [3.05, 3.63) is 0 Å². The van der Waals surface area contributed by atoms with E-state index in [4.69, 9.17) is 0 Å². The van der Waals surface area contributed by atoms with E-state index >= 15 is 0 Å². The molecule has 0 bridgehead atoms. The minimum absolute atomic E-state index is 0.226. The summed E-state index contributed by atoms with van der Waals surface area (Å²) in [5, 5.41) is 0. The lowest BCUT2D eigenvalue weighted by molar-refractivity contribution is 0.225. The van der Waals surface area contributed by atoms with Crippen molar-refractivity contribution >= 4 is 106 Å². The van der Waals surface area contributed by atoms with Crippen molar-refractivity contribution in [2.75, 3.05) is 4.43 Å². The maximum absolute atomic E-state index is 4.25. The van der Waals surface area contributed by atoms with Gasteiger partial charge in [0.25, 0.3) is 0 Å². The van der Waals surface area contributed by atoms with E-state index in [0.717, 1.165) is 5.92 Å². The minimum Gasteiger partial charge on any atom is -0.0870 e. The van der Waals surface area contributed by atoms with Crippen molar-refractivity contribution in [1.82, 2.24) is 0 Å². The van der Waals surface area contributed by atoms with Crippen LogP contribution in [-0.4, -0.2) is 14.1 Å². The van der Waals surface area contributed by atoms with Crippen LogP contribution in [0, 0.1) is 23.2 Å². The van der Waals surface area contributed by atoms with Gasteiger partial charge in [-0.2, -0.15) is 0 Å². The van der Waals surface area contributed by atoms with Gasteiger partial charge < -0.3 is 0 Å². The van der Waals surface area contributed by atoms with Crippen LogP contribution in [0.2, 0.25) is 0 Å². The summed E-state index contributed by atoms with van der Waals surface area (Å²) in [6.45, 7) is 16.8. The van der Waals surface area contributed by atoms with Crippen molar-refractivity contribution < 1.29 is 0 Å².